The normalized spacial score (nSPS) is 21.9. The maximum atomic E-state index is 10.6. The van der Waals surface area contributed by atoms with Crippen LogP contribution in [0.25, 0.3) is 0 Å². The summed E-state index contributed by atoms with van der Waals surface area (Å²) >= 11 is 0. The largest absolute Gasteiger partial charge is 0.381 e. The molecule has 0 aromatic heterocycles. The lowest BCUT2D eigenvalue weighted by Crippen LogP contribution is -2.20. The van der Waals surface area contributed by atoms with Crippen molar-refractivity contribution < 1.29 is 9.66 Å². The predicted molar refractivity (Wildman–Crippen MR) is 69.9 cm³/mol. The average Bonchev–Trinajstić information content (AvgIpc) is 2.81. The smallest absolute Gasteiger partial charge is 0.270 e. The van der Waals surface area contributed by atoms with Crippen LogP contribution >= 0.6 is 0 Å². The van der Waals surface area contributed by atoms with E-state index in [4.69, 9.17) is 10.00 Å². The lowest BCUT2D eigenvalue weighted by molar-refractivity contribution is -0.384. The lowest BCUT2D eigenvalue weighted by atomic mass is 10.1. The second kappa shape index (κ2) is 5.67. The number of nitriles is 1. The molecule has 19 heavy (non-hydrogen) atoms. The van der Waals surface area contributed by atoms with Crippen LogP contribution in [0.4, 0.5) is 11.4 Å². The zero-order chi connectivity index (χ0) is 13.8. The first-order valence-corrected chi connectivity index (χ1v) is 6.18. The molecule has 0 aliphatic carbocycles. The Hall–Kier alpha value is -2.13. The van der Waals surface area contributed by atoms with Crippen LogP contribution in [0.3, 0.4) is 0 Å². The molecule has 2 atom stereocenters. The summed E-state index contributed by atoms with van der Waals surface area (Å²) in [6.45, 7) is 2.64. The molecule has 2 unspecified atom stereocenters. The maximum Gasteiger partial charge on any atom is 0.270 e. The van der Waals surface area contributed by atoms with Crippen molar-refractivity contribution in [1.82, 2.24) is 0 Å². The summed E-state index contributed by atoms with van der Waals surface area (Å²) in [6, 6.07) is 6.20. The first-order chi connectivity index (χ1) is 9.10. The third kappa shape index (κ3) is 3.20. The zero-order valence-electron chi connectivity index (χ0n) is 10.6. The highest BCUT2D eigenvalue weighted by atomic mass is 16.6. The summed E-state index contributed by atoms with van der Waals surface area (Å²) in [4.78, 5) is 10.1. The Morgan fingerprint density at radius 3 is 2.95 bits per heavy atom. The van der Waals surface area contributed by atoms with Crippen LogP contribution in [0.5, 0.6) is 0 Å². The number of nitro benzene ring substituents is 1. The molecule has 1 aliphatic heterocycles. The van der Waals surface area contributed by atoms with Crippen LogP contribution in [0.15, 0.2) is 18.2 Å². The van der Waals surface area contributed by atoms with Gasteiger partial charge in [0.25, 0.3) is 5.69 Å². The second-order valence-electron chi connectivity index (χ2n) is 4.63. The van der Waals surface area contributed by atoms with Gasteiger partial charge in [-0.05, 0) is 25.8 Å². The molecular weight excluding hydrogens is 246 g/mol. The van der Waals surface area contributed by atoms with Gasteiger partial charge in [0.1, 0.15) is 6.07 Å². The van der Waals surface area contributed by atoms with Gasteiger partial charge in [-0.15, -0.1) is 0 Å². The van der Waals surface area contributed by atoms with E-state index in [1.165, 1.54) is 12.1 Å². The fraction of sp³-hybridized carbons (Fsp3) is 0.462. The summed E-state index contributed by atoms with van der Waals surface area (Å²) in [5, 5.41) is 22.8. The molecule has 1 heterocycles. The number of hydrogen-bond donors (Lipinski definition) is 1. The molecule has 0 saturated carbocycles. The van der Waals surface area contributed by atoms with Gasteiger partial charge in [-0.3, -0.25) is 10.1 Å². The van der Waals surface area contributed by atoms with E-state index < -0.39 is 4.92 Å². The number of anilines is 1. The molecule has 0 spiro atoms. The quantitative estimate of drug-likeness (QED) is 0.664. The van der Waals surface area contributed by atoms with E-state index in [2.05, 4.69) is 5.32 Å². The Kier molecular flexibility index (Phi) is 3.97. The average molecular weight is 261 g/mol. The van der Waals surface area contributed by atoms with Gasteiger partial charge in [-0.25, -0.2) is 0 Å². The van der Waals surface area contributed by atoms with Crippen LogP contribution in [0.1, 0.15) is 25.3 Å². The molecule has 1 aromatic rings. The highest BCUT2D eigenvalue weighted by molar-refractivity contribution is 5.61. The summed E-state index contributed by atoms with van der Waals surface area (Å²) in [5.74, 6) is 0. The minimum Gasteiger partial charge on any atom is -0.381 e. The Balaban J connectivity index is 2.04. The van der Waals surface area contributed by atoms with Crippen molar-refractivity contribution in [2.45, 2.75) is 32.0 Å². The fourth-order valence-corrected chi connectivity index (χ4v) is 2.15. The molecule has 2 rings (SSSR count). The summed E-state index contributed by atoms with van der Waals surface area (Å²) in [7, 11) is 0. The van der Waals surface area contributed by atoms with Crippen LogP contribution in [0, 0.1) is 21.4 Å². The SMILES string of the molecule is CC1CCC(CNc2ccc([N+](=O)[O-])cc2C#N)O1. The van der Waals surface area contributed by atoms with Crippen molar-refractivity contribution in [3.8, 4) is 6.07 Å². The number of non-ortho nitro benzene ring substituents is 1. The molecule has 1 saturated heterocycles. The number of benzene rings is 1. The number of nitro groups is 1. The van der Waals surface area contributed by atoms with E-state index in [0.717, 1.165) is 12.8 Å². The van der Waals surface area contributed by atoms with Crippen molar-refractivity contribution in [1.29, 1.82) is 5.26 Å². The molecule has 6 heteroatoms. The van der Waals surface area contributed by atoms with Gasteiger partial charge in [0.05, 0.1) is 28.4 Å². The van der Waals surface area contributed by atoms with Crippen LogP contribution in [-0.4, -0.2) is 23.7 Å². The van der Waals surface area contributed by atoms with E-state index in [1.54, 1.807) is 6.07 Å². The van der Waals surface area contributed by atoms with Gasteiger partial charge in [-0.2, -0.15) is 5.26 Å². The Morgan fingerprint density at radius 2 is 2.37 bits per heavy atom. The zero-order valence-corrected chi connectivity index (χ0v) is 10.6. The van der Waals surface area contributed by atoms with E-state index >= 15 is 0 Å². The molecule has 1 aromatic carbocycles. The van der Waals surface area contributed by atoms with Gasteiger partial charge in [0, 0.05) is 18.7 Å². The minimum absolute atomic E-state index is 0.0761. The number of ether oxygens (including phenoxy) is 1. The third-order valence-electron chi connectivity index (χ3n) is 3.17. The summed E-state index contributed by atoms with van der Waals surface area (Å²) in [5.41, 5.74) is 0.810. The first kappa shape index (κ1) is 13.3. The van der Waals surface area contributed by atoms with Gasteiger partial charge in [0.15, 0.2) is 0 Å². The van der Waals surface area contributed by atoms with Crippen LogP contribution in [-0.2, 0) is 4.74 Å². The highest BCUT2D eigenvalue weighted by Crippen LogP contribution is 2.23. The van der Waals surface area contributed by atoms with Crippen molar-refractivity contribution in [3.05, 3.63) is 33.9 Å². The van der Waals surface area contributed by atoms with Crippen molar-refractivity contribution in [3.63, 3.8) is 0 Å². The third-order valence-corrected chi connectivity index (χ3v) is 3.17. The van der Waals surface area contributed by atoms with E-state index in [-0.39, 0.29) is 23.5 Å². The minimum atomic E-state index is -0.508. The number of nitrogens with zero attached hydrogens (tertiary/aromatic N) is 2. The Bertz CT molecular complexity index is 524. The van der Waals surface area contributed by atoms with E-state index in [9.17, 15) is 10.1 Å². The number of rotatable bonds is 4. The summed E-state index contributed by atoms with van der Waals surface area (Å²) in [6.07, 6.45) is 2.44. The first-order valence-electron chi connectivity index (χ1n) is 6.18. The Labute approximate surface area is 111 Å². The standard InChI is InChI=1S/C13H15N3O3/c1-9-2-4-12(19-9)8-15-13-5-3-11(16(17)18)6-10(13)7-14/h3,5-6,9,12,15H,2,4,8H2,1H3. The van der Waals surface area contributed by atoms with Crippen molar-refractivity contribution in [2.24, 2.45) is 0 Å². The van der Waals surface area contributed by atoms with E-state index in [0.29, 0.717) is 12.2 Å². The number of hydrogen-bond acceptors (Lipinski definition) is 5. The fourth-order valence-electron chi connectivity index (χ4n) is 2.15. The van der Waals surface area contributed by atoms with Crippen molar-refractivity contribution >= 4 is 11.4 Å². The predicted octanol–water partition coefficient (Wildman–Crippen LogP) is 2.45. The monoisotopic (exact) mass is 261 g/mol. The van der Waals surface area contributed by atoms with Crippen LogP contribution < -0.4 is 5.32 Å². The molecular formula is C13H15N3O3. The molecule has 0 bridgehead atoms. The molecule has 1 N–H and O–H groups in total. The number of nitrogens with one attached hydrogen (secondary N) is 1. The lowest BCUT2D eigenvalue weighted by Gasteiger charge is -2.13. The van der Waals surface area contributed by atoms with Gasteiger partial charge >= 0.3 is 0 Å². The summed E-state index contributed by atoms with van der Waals surface area (Å²) < 4.78 is 5.66. The highest BCUT2D eigenvalue weighted by Gasteiger charge is 2.21. The van der Waals surface area contributed by atoms with Gasteiger partial charge in [0.2, 0.25) is 0 Å². The molecule has 100 valence electrons. The molecule has 6 nitrogen and oxygen atoms in total. The van der Waals surface area contributed by atoms with Gasteiger partial charge < -0.3 is 10.1 Å². The topological polar surface area (TPSA) is 88.2 Å². The molecule has 0 radical (unpaired) electrons. The van der Waals surface area contributed by atoms with Crippen LogP contribution in [0.2, 0.25) is 0 Å². The molecule has 1 fully saturated rings. The second-order valence-corrected chi connectivity index (χ2v) is 4.63. The molecule has 1 aliphatic rings. The van der Waals surface area contributed by atoms with Crippen molar-refractivity contribution in [2.75, 3.05) is 11.9 Å². The molecule has 0 amide bonds. The Morgan fingerprint density at radius 1 is 1.58 bits per heavy atom. The van der Waals surface area contributed by atoms with E-state index in [1.807, 2.05) is 13.0 Å². The maximum absolute atomic E-state index is 10.6. The van der Waals surface area contributed by atoms with Gasteiger partial charge in [-0.1, -0.05) is 0 Å².